The molecule has 16 heavy (non-hydrogen) atoms. The number of ether oxygens (including phenoxy) is 1. The maximum Gasteiger partial charge on any atom is 0.313 e. The van der Waals surface area contributed by atoms with Gasteiger partial charge < -0.3 is 9.84 Å². The molecule has 0 radical (unpaired) electrons. The molecule has 0 aliphatic rings. The lowest BCUT2D eigenvalue weighted by Crippen LogP contribution is -2.27. The molecule has 1 unspecified atom stereocenters. The predicted molar refractivity (Wildman–Crippen MR) is 60.4 cm³/mol. The van der Waals surface area contributed by atoms with Crippen LogP contribution in [-0.2, 0) is 11.2 Å². The number of carboxylic acids is 1. The molecule has 1 N–H and O–H groups in total. The minimum Gasteiger partial charge on any atom is -0.481 e. The van der Waals surface area contributed by atoms with E-state index in [-0.39, 0.29) is 0 Å². The first-order chi connectivity index (χ1) is 7.51. The smallest absolute Gasteiger partial charge is 0.313 e. The third-order valence-electron chi connectivity index (χ3n) is 2.48. The first-order valence-electron chi connectivity index (χ1n) is 4.89. The van der Waals surface area contributed by atoms with E-state index in [9.17, 15) is 4.79 Å². The van der Waals surface area contributed by atoms with Crippen molar-refractivity contribution in [3.05, 3.63) is 36.5 Å². The van der Waals surface area contributed by atoms with E-state index in [2.05, 4.69) is 11.6 Å². The number of aliphatic carboxylic acids is 1. The normalized spacial score (nSPS) is 13.9. The quantitative estimate of drug-likeness (QED) is 0.771. The molecule has 0 fully saturated rings. The van der Waals surface area contributed by atoms with Crippen LogP contribution in [0, 0.1) is 5.41 Å². The molecule has 0 saturated carbocycles. The van der Waals surface area contributed by atoms with Gasteiger partial charge in [0.25, 0.3) is 0 Å². The Balaban J connectivity index is 2.94. The SMILES string of the molecule is C=CC(C)(Cc1cccc(OC)n1)C(=O)O. The summed E-state index contributed by atoms with van der Waals surface area (Å²) in [5.74, 6) is -0.429. The van der Waals surface area contributed by atoms with Gasteiger partial charge in [-0.15, -0.1) is 6.58 Å². The highest BCUT2D eigenvalue weighted by molar-refractivity contribution is 5.76. The van der Waals surface area contributed by atoms with E-state index in [1.165, 1.54) is 13.2 Å². The van der Waals surface area contributed by atoms with Gasteiger partial charge in [0.1, 0.15) is 0 Å². The Labute approximate surface area is 94.6 Å². The van der Waals surface area contributed by atoms with E-state index < -0.39 is 11.4 Å². The van der Waals surface area contributed by atoms with Crippen LogP contribution in [0.1, 0.15) is 12.6 Å². The minimum absolute atomic E-state index is 0.295. The lowest BCUT2D eigenvalue weighted by atomic mass is 9.85. The van der Waals surface area contributed by atoms with Crippen molar-refractivity contribution in [2.75, 3.05) is 7.11 Å². The molecule has 0 saturated heterocycles. The fourth-order valence-corrected chi connectivity index (χ4v) is 1.28. The molecule has 0 bridgehead atoms. The van der Waals surface area contributed by atoms with Crippen LogP contribution in [0.2, 0.25) is 0 Å². The average Bonchev–Trinajstić information content (AvgIpc) is 2.29. The summed E-state index contributed by atoms with van der Waals surface area (Å²) in [6.07, 6.45) is 1.72. The Morgan fingerprint density at radius 2 is 2.38 bits per heavy atom. The van der Waals surface area contributed by atoms with Crippen molar-refractivity contribution in [2.24, 2.45) is 5.41 Å². The Morgan fingerprint density at radius 1 is 1.69 bits per heavy atom. The molecule has 0 aliphatic carbocycles. The van der Waals surface area contributed by atoms with Crippen molar-refractivity contribution in [3.63, 3.8) is 0 Å². The summed E-state index contributed by atoms with van der Waals surface area (Å²) in [5, 5.41) is 9.09. The second-order valence-electron chi connectivity index (χ2n) is 3.77. The third-order valence-corrected chi connectivity index (χ3v) is 2.48. The average molecular weight is 221 g/mol. The Morgan fingerprint density at radius 3 is 2.88 bits per heavy atom. The molecule has 0 aromatic carbocycles. The van der Waals surface area contributed by atoms with Crippen LogP contribution >= 0.6 is 0 Å². The van der Waals surface area contributed by atoms with Gasteiger partial charge in [-0.3, -0.25) is 4.79 Å². The number of rotatable bonds is 5. The van der Waals surface area contributed by atoms with Gasteiger partial charge in [-0.05, 0) is 13.0 Å². The molecule has 1 rings (SSSR count). The van der Waals surface area contributed by atoms with E-state index in [1.807, 2.05) is 0 Å². The van der Waals surface area contributed by atoms with Crippen LogP contribution < -0.4 is 4.74 Å². The van der Waals surface area contributed by atoms with Crippen molar-refractivity contribution in [3.8, 4) is 5.88 Å². The lowest BCUT2D eigenvalue weighted by Gasteiger charge is -2.19. The second kappa shape index (κ2) is 4.79. The minimum atomic E-state index is -1.00. The summed E-state index contributed by atoms with van der Waals surface area (Å²) in [6.45, 7) is 5.17. The van der Waals surface area contributed by atoms with Crippen molar-refractivity contribution >= 4 is 5.97 Å². The first-order valence-corrected chi connectivity index (χ1v) is 4.89. The fraction of sp³-hybridized carbons (Fsp3) is 0.333. The van der Waals surface area contributed by atoms with Crippen molar-refractivity contribution in [1.82, 2.24) is 4.98 Å². The largest absolute Gasteiger partial charge is 0.481 e. The fourth-order valence-electron chi connectivity index (χ4n) is 1.28. The van der Waals surface area contributed by atoms with E-state index in [0.717, 1.165) is 0 Å². The number of aromatic nitrogens is 1. The van der Waals surface area contributed by atoms with Crippen LogP contribution in [-0.4, -0.2) is 23.2 Å². The number of methoxy groups -OCH3 is 1. The van der Waals surface area contributed by atoms with Gasteiger partial charge in [-0.25, -0.2) is 4.98 Å². The molecule has 0 spiro atoms. The zero-order valence-corrected chi connectivity index (χ0v) is 9.43. The molecule has 1 aromatic heterocycles. The Kier molecular flexibility index (Phi) is 3.66. The number of hydrogen-bond donors (Lipinski definition) is 1. The highest BCUT2D eigenvalue weighted by Gasteiger charge is 2.30. The van der Waals surface area contributed by atoms with E-state index in [0.29, 0.717) is 18.0 Å². The summed E-state index contributed by atoms with van der Waals surface area (Å²) >= 11 is 0. The number of pyridine rings is 1. The molecule has 0 amide bonds. The van der Waals surface area contributed by atoms with Gasteiger partial charge in [0.15, 0.2) is 0 Å². The molecular formula is C12H15NO3. The monoisotopic (exact) mass is 221 g/mol. The van der Waals surface area contributed by atoms with Crippen molar-refractivity contribution < 1.29 is 14.6 Å². The first kappa shape index (κ1) is 12.2. The molecule has 1 heterocycles. The zero-order valence-electron chi connectivity index (χ0n) is 9.43. The number of carboxylic acid groups (broad SMARTS) is 1. The molecule has 4 nitrogen and oxygen atoms in total. The summed E-state index contributed by atoms with van der Waals surface area (Å²) in [4.78, 5) is 15.3. The van der Waals surface area contributed by atoms with E-state index >= 15 is 0 Å². The molecule has 1 aromatic rings. The van der Waals surface area contributed by atoms with Crippen molar-refractivity contribution in [1.29, 1.82) is 0 Å². The summed E-state index contributed by atoms with van der Waals surface area (Å²) < 4.78 is 4.98. The van der Waals surface area contributed by atoms with Crippen LogP contribution in [0.3, 0.4) is 0 Å². The van der Waals surface area contributed by atoms with Gasteiger partial charge in [-0.2, -0.15) is 0 Å². The maximum atomic E-state index is 11.1. The third kappa shape index (κ3) is 2.59. The van der Waals surface area contributed by atoms with Crippen molar-refractivity contribution in [2.45, 2.75) is 13.3 Å². The van der Waals surface area contributed by atoms with Gasteiger partial charge in [-0.1, -0.05) is 12.1 Å². The molecule has 1 atom stereocenters. The zero-order chi connectivity index (χ0) is 12.2. The van der Waals surface area contributed by atoms with Crippen LogP contribution in [0.4, 0.5) is 0 Å². The van der Waals surface area contributed by atoms with Gasteiger partial charge >= 0.3 is 5.97 Å². The number of carbonyl (C=O) groups is 1. The topological polar surface area (TPSA) is 59.4 Å². The lowest BCUT2D eigenvalue weighted by molar-refractivity contribution is -0.145. The van der Waals surface area contributed by atoms with E-state index in [4.69, 9.17) is 9.84 Å². The van der Waals surface area contributed by atoms with Crippen LogP contribution in [0.15, 0.2) is 30.9 Å². The van der Waals surface area contributed by atoms with Gasteiger partial charge in [0.2, 0.25) is 5.88 Å². The Bertz CT molecular complexity index is 403. The number of hydrogen-bond acceptors (Lipinski definition) is 3. The highest BCUT2D eigenvalue weighted by atomic mass is 16.5. The van der Waals surface area contributed by atoms with Gasteiger partial charge in [0.05, 0.1) is 12.5 Å². The molecular weight excluding hydrogens is 206 g/mol. The molecule has 86 valence electrons. The van der Waals surface area contributed by atoms with Gasteiger partial charge in [0, 0.05) is 18.2 Å². The second-order valence-corrected chi connectivity index (χ2v) is 3.77. The highest BCUT2D eigenvalue weighted by Crippen LogP contribution is 2.24. The predicted octanol–water partition coefficient (Wildman–Crippen LogP) is 1.91. The molecule has 0 aliphatic heterocycles. The summed E-state index contributed by atoms with van der Waals surface area (Å²) in [5.41, 5.74) is -0.330. The Hall–Kier alpha value is -1.84. The van der Waals surface area contributed by atoms with Crippen LogP contribution in [0.25, 0.3) is 0 Å². The van der Waals surface area contributed by atoms with Crippen LogP contribution in [0.5, 0.6) is 5.88 Å². The number of nitrogens with zero attached hydrogens (tertiary/aromatic N) is 1. The van der Waals surface area contributed by atoms with E-state index in [1.54, 1.807) is 25.1 Å². The summed E-state index contributed by atoms with van der Waals surface area (Å²) in [6, 6.07) is 5.27. The molecule has 4 heteroatoms. The standard InChI is InChI=1S/C12H15NO3/c1-4-12(2,11(14)15)8-9-6-5-7-10(13-9)16-3/h4-7H,1,8H2,2-3H3,(H,14,15). The maximum absolute atomic E-state index is 11.1. The summed E-state index contributed by atoms with van der Waals surface area (Å²) in [7, 11) is 1.52.